The van der Waals surface area contributed by atoms with Gasteiger partial charge in [-0.25, -0.2) is 5.11 Å². The van der Waals surface area contributed by atoms with Crippen molar-refractivity contribution in [3.8, 4) is 0 Å². The number of hydrogen-bond acceptors (Lipinski definition) is 1. The van der Waals surface area contributed by atoms with Gasteiger partial charge >= 0.3 is 0 Å². The fraction of sp³-hybridized carbons (Fsp3) is 1.00. The van der Waals surface area contributed by atoms with Crippen molar-refractivity contribution >= 4 is 0 Å². The first kappa shape index (κ1) is 16.9. The molecule has 0 aliphatic rings. The second kappa shape index (κ2) is 12.4. The van der Waals surface area contributed by atoms with Gasteiger partial charge in [-0.1, -0.05) is 45.4 Å². The van der Waals surface area contributed by atoms with Crippen molar-refractivity contribution in [2.45, 2.75) is 90.8 Å². The van der Waals surface area contributed by atoms with E-state index in [-0.39, 0.29) is 6.10 Å². The van der Waals surface area contributed by atoms with E-state index < -0.39 is 0 Å². The van der Waals surface area contributed by atoms with Gasteiger partial charge in [0.2, 0.25) is 0 Å². The molecule has 0 amide bonds. The van der Waals surface area contributed by atoms with Gasteiger partial charge in [0.25, 0.3) is 0 Å². The minimum absolute atomic E-state index is 0.384. The first-order chi connectivity index (χ1) is 8.16. The molecule has 0 bridgehead atoms. The van der Waals surface area contributed by atoms with Crippen LogP contribution in [0.25, 0.3) is 0 Å². The summed E-state index contributed by atoms with van der Waals surface area (Å²) in [7, 11) is 0. The molecule has 0 N–H and O–H groups in total. The van der Waals surface area contributed by atoms with Gasteiger partial charge in [-0.05, 0) is 33.1 Å². The summed E-state index contributed by atoms with van der Waals surface area (Å²) < 4.78 is 5.75. The van der Waals surface area contributed by atoms with Crippen molar-refractivity contribution in [2.75, 3.05) is 6.61 Å². The third-order valence-corrected chi connectivity index (χ3v) is 3.12. The summed E-state index contributed by atoms with van der Waals surface area (Å²) in [5.74, 6) is 0. The van der Waals surface area contributed by atoms with Crippen LogP contribution in [-0.2, 0) is 9.84 Å². The van der Waals surface area contributed by atoms with Crippen molar-refractivity contribution in [2.24, 2.45) is 0 Å². The SMILES string of the molecule is CCCCCC(C)OCCCCCCC(C)[O]. The molecule has 0 aromatic rings. The predicted octanol–water partition coefficient (Wildman–Crippen LogP) is 4.74. The smallest absolute Gasteiger partial charge is 0.0902 e. The number of hydrogen-bond donors (Lipinski definition) is 0. The van der Waals surface area contributed by atoms with Crippen LogP contribution in [0.15, 0.2) is 0 Å². The highest BCUT2D eigenvalue weighted by molar-refractivity contribution is 4.52. The van der Waals surface area contributed by atoms with Crippen LogP contribution < -0.4 is 0 Å². The summed E-state index contributed by atoms with van der Waals surface area (Å²) in [4.78, 5) is 0. The molecule has 0 saturated carbocycles. The average Bonchev–Trinajstić information content (AvgIpc) is 2.28. The Kier molecular flexibility index (Phi) is 12.3. The summed E-state index contributed by atoms with van der Waals surface area (Å²) in [5, 5.41) is 10.8. The van der Waals surface area contributed by atoms with Crippen molar-refractivity contribution in [3.05, 3.63) is 0 Å². The Hall–Kier alpha value is -0.0800. The highest BCUT2D eigenvalue weighted by Gasteiger charge is 2.01. The summed E-state index contributed by atoms with van der Waals surface area (Å²) in [5.41, 5.74) is 0. The lowest BCUT2D eigenvalue weighted by atomic mass is 10.1. The van der Waals surface area contributed by atoms with Crippen LogP contribution in [-0.4, -0.2) is 18.8 Å². The Bertz CT molecular complexity index is 146. The van der Waals surface area contributed by atoms with E-state index >= 15 is 0 Å². The molecular weight excluding hydrogens is 212 g/mol. The quantitative estimate of drug-likeness (QED) is 0.455. The first-order valence-electron chi connectivity index (χ1n) is 7.44. The molecule has 0 rings (SSSR count). The maximum Gasteiger partial charge on any atom is 0.0902 e. The molecule has 0 aromatic heterocycles. The summed E-state index contributed by atoms with van der Waals surface area (Å²) in [6.07, 6.45) is 10.6. The molecule has 0 fully saturated rings. The molecule has 0 saturated heterocycles. The largest absolute Gasteiger partial charge is 0.379 e. The predicted molar refractivity (Wildman–Crippen MR) is 72.8 cm³/mol. The number of rotatable bonds is 12. The molecule has 1 radical (unpaired) electrons. The van der Waals surface area contributed by atoms with Crippen molar-refractivity contribution < 1.29 is 9.84 Å². The third-order valence-electron chi connectivity index (χ3n) is 3.12. The number of ether oxygens (including phenoxy) is 1. The molecular formula is C15H31O2. The van der Waals surface area contributed by atoms with Gasteiger partial charge in [0.15, 0.2) is 0 Å². The van der Waals surface area contributed by atoms with Crippen molar-refractivity contribution in [3.63, 3.8) is 0 Å². The first-order valence-corrected chi connectivity index (χ1v) is 7.44. The van der Waals surface area contributed by atoms with E-state index in [1.807, 2.05) is 0 Å². The number of unbranched alkanes of at least 4 members (excludes halogenated alkanes) is 5. The Morgan fingerprint density at radius 3 is 2.18 bits per heavy atom. The molecule has 0 aromatic carbocycles. The molecule has 0 aliphatic carbocycles. The maximum absolute atomic E-state index is 10.8. The topological polar surface area (TPSA) is 29.1 Å². The van der Waals surface area contributed by atoms with E-state index in [1.165, 1.54) is 38.5 Å². The average molecular weight is 243 g/mol. The fourth-order valence-corrected chi connectivity index (χ4v) is 1.94. The summed E-state index contributed by atoms with van der Waals surface area (Å²) in [6, 6.07) is 0. The molecule has 2 nitrogen and oxygen atoms in total. The van der Waals surface area contributed by atoms with Gasteiger partial charge in [0.05, 0.1) is 12.2 Å². The lowest BCUT2D eigenvalue weighted by molar-refractivity contribution is 0.0554. The van der Waals surface area contributed by atoms with Gasteiger partial charge in [-0.2, -0.15) is 0 Å². The molecule has 2 unspecified atom stereocenters. The molecule has 103 valence electrons. The Balaban J connectivity index is 3.11. The summed E-state index contributed by atoms with van der Waals surface area (Å²) in [6.45, 7) is 7.05. The zero-order valence-corrected chi connectivity index (χ0v) is 12.0. The zero-order valence-electron chi connectivity index (χ0n) is 12.0. The Labute approximate surface area is 108 Å². The Morgan fingerprint density at radius 1 is 0.882 bits per heavy atom. The highest BCUT2D eigenvalue weighted by atomic mass is 16.5. The van der Waals surface area contributed by atoms with Crippen LogP contribution in [0.4, 0.5) is 0 Å². The minimum atomic E-state index is -0.384. The zero-order chi connectivity index (χ0) is 12.9. The van der Waals surface area contributed by atoms with Gasteiger partial charge in [-0.3, -0.25) is 0 Å². The van der Waals surface area contributed by atoms with Crippen LogP contribution in [0.5, 0.6) is 0 Å². The lowest BCUT2D eigenvalue weighted by Gasteiger charge is -2.12. The van der Waals surface area contributed by atoms with E-state index in [4.69, 9.17) is 4.74 Å². The lowest BCUT2D eigenvalue weighted by Crippen LogP contribution is -2.09. The second-order valence-electron chi connectivity index (χ2n) is 5.19. The van der Waals surface area contributed by atoms with Gasteiger partial charge in [0.1, 0.15) is 0 Å². The molecule has 2 heteroatoms. The van der Waals surface area contributed by atoms with Crippen LogP contribution in [0.1, 0.15) is 78.6 Å². The highest BCUT2D eigenvalue weighted by Crippen LogP contribution is 2.09. The van der Waals surface area contributed by atoms with Crippen LogP contribution in [0, 0.1) is 0 Å². The van der Waals surface area contributed by atoms with Crippen molar-refractivity contribution in [1.82, 2.24) is 0 Å². The monoisotopic (exact) mass is 243 g/mol. The van der Waals surface area contributed by atoms with Crippen LogP contribution >= 0.6 is 0 Å². The van der Waals surface area contributed by atoms with E-state index in [0.717, 1.165) is 25.9 Å². The van der Waals surface area contributed by atoms with Gasteiger partial charge in [0, 0.05) is 6.61 Å². The second-order valence-corrected chi connectivity index (χ2v) is 5.19. The minimum Gasteiger partial charge on any atom is -0.379 e. The van der Waals surface area contributed by atoms with Crippen LogP contribution in [0.2, 0.25) is 0 Å². The molecule has 0 aliphatic heterocycles. The van der Waals surface area contributed by atoms with Crippen molar-refractivity contribution in [1.29, 1.82) is 0 Å². The molecule has 2 atom stereocenters. The van der Waals surface area contributed by atoms with E-state index in [9.17, 15) is 5.11 Å². The standard InChI is InChI=1S/C15H31O2/c1-4-5-8-12-15(3)17-13-10-7-6-9-11-14(2)16/h14-15H,4-13H2,1-3H3. The third kappa shape index (κ3) is 13.9. The Morgan fingerprint density at radius 2 is 1.53 bits per heavy atom. The van der Waals surface area contributed by atoms with E-state index in [0.29, 0.717) is 6.10 Å². The van der Waals surface area contributed by atoms with Gasteiger partial charge in [-0.15, -0.1) is 0 Å². The normalized spacial score (nSPS) is 14.8. The maximum atomic E-state index is 10.8. The van der Waals surface area contributed by atoms with E-state index in [1.54, 1.807) is 6.92 Å². The molecule has 17 heavy (non-hydrogen) atoms. The van der Waals surface area contributed by atoms with E-state index in [2.05, 4.69) is 13.8 Å². The summed E-state index contributed by atoms with van der Waals surface area (Å²) >= 11 is 0. The molecule has 0 heterocycles. The van der Waals surface area contributed by atoms with Gasteiger partial charge < -0.3 is 4.74 Å². The fourth-order valence-electron chi connectivity index (χ4n) is 1.94. The molecule has 0 spiro atoms. The van der Waals surface area contributed by atoms with Crippen LogP contribution in [0.3, 0.4) is 0 Å².